The maximum absolute atomic E-state index is 4.88. The first-order valence-electron chi connectivity index (χ1n) is 7.70. The first-order valence-corrected chi connectivity index (χ1v) is 8.33. The zero-order valence-electron chi connectivity index (χ0n) is 16.2. The van der Waals surface area contributed by atoms with Crippen LogP contribution >= 0.6 is 0 Å². The van der Waals surface area contributed by atoms with Gasteiger partial charge in [0.05, 0.1) is 0 Å². The van der Waals surface area contributed by atoms with Gasteiger partial charge in [-0.15, -0.1) is 19.6 Å². The summed E-state index contributed by atoms with van der Waals surface area (Å²) in [6.07, 6.45) is 10.8. The third kappa shape index (κ3) is 1030. The van der Waals surface area contributed by atoms with E-state index < -0.39 is 0 Å². The van der Waals surface area contributed by atoms with E-state index in [0.717, 1.165) is 13.0 Å². The quantitative estimate of drug-likeness (QED) is 0.451. The van der Waals surface area contributed by atoms with Crippen LogP contribution in [0.1, 0.15) is 68.2 Å². The van der Waals surface area contributed by atoms with E-state index in [9.17, 15) is 0 Å². The maximum atomic E-state index is 4.88. The Morgan fingerprint density at radius 1 is 1.10 bits per heavy atom. The molecular weight excluding hydrogens is 295 g/mol. The zero-order valence-corrected chi connectivity index (χ0v) is 17.6. The molecule has 0 rings (SSSR count). The monoisotopic (exact) mass is 337 g/mol. The molecule has 0 aliphatic carbocycles. The summed E-state index contributed by atoms with van der Waals surface area (Å²) in [5, 5.41) is 0. The van der Waals surface area contributed by atoms with E-state index in [1.54, 1.807) is 13.1 Å². The Labute approximate surface area is 146 Å². The van der Waals surface area contributed by atoms with Gasteiger partial charge in [0.15, 0.2) is 0 Å². The van der Waals surface area contributed by atoms with Crippen molar-refractivity contribution in [1.82, 2.24) is 0 Å². The average molecular weight is 337 g/mol. The number of allylic oxidation sites excluding steroid dienone is 2. The summed E-state index contributed by atoms with van der Waals surface area (Å²) in [4.78, 5) is 0. The van der Waals surface area contributed by atoms with Gasteiger partial charge in [-0.3, -0.25) is 0 Å². The average Bonchev–Trinajstić information content (AvgIpc) is 2.53. The third-order valence-corrected chi connectivity index (χ3v) is 0.450. The molecule has 0 aromatic rings. The number of nitrogens with zero attached hydrogens (tertiary/aromatic N) is 1. The Balaban J connectivity index is -0.0000000231. The van der Waals surface area contributed by atoms with Crippen molar-refractivity contribution in [2.24, 2.45) is 9.52 Å². The minimum atomic E-state index is 0.750. The van der Waals surface area contributed by atoms with Crippen molar-refractivity contribution in [2.75, 3.05) is 13.6 Å². The molecule has 129 valence electrons. The van der Waals surface area contributed by atoms with Gasteiger partial charge in [0.1, 0.15) is 0 Å². The molecule has 0 radical (unpaired) electrons. The van der Waals surface area contributed by atoms with Crippen molar-refractivity contribution in [3.8, 4) is 12.3 Å². The second kappa shape index (κ2) is 161. The van der Waals surface area contributed by atoms with Crippen molar-refractivity contribution < 1.29 is 17.2 Å². The summed E-state index contributed by atoms with van der Waals surface area (Å²) in [7, 11) is 1.72. The molecule has 0 bridgehead atoms. The molecule has 0 unspecified atom stereocenters. The fourth-order valence-corrected chi connectivity index (χ4v) is 0.186. The fraction of sp³-hybridized carbons (Fsp3) is 0.667. The standard InChI is InChI=1S/C6H8.C3H8.C2H7N.2C2H6.C2H4.CH3N.V/c1-3-5-6-4-2;1-3-2;1-2-3;4*1-2;/h1,5-6H,4H2,2H3;3H2,1-2H3;2-3H2,1H3;2*1-2H3;1-2H2;1H3;/b6-5+;;;;;;;. The van der Waals surface area contributed by atoms with E-state index in [0.29, 0.717) is 0 Å². The van der Waals surface area contributed by atoms with Gasteiger partial charge >= 0.3 is 28.1 Å². The van der Waals surface area contributed by atoms with Gasteiger partial charge in [-0.2, -0.15) is 0 Å². The number of hydrogen-bond acceptors (Lipinski definition) is 2. The molecule has 0 heterocycles. The molecule has 0 saturated carbocycles. The molecule has 2 nitrogen and oxygen atoms in total. The van der Waals surface area contributed by atoms with Gasteiger partial charge in [-0.25, -0.2) is 0 Å². The molecule has 0 amide bonds. The second-order valence-corrected chi connectivity index (χ2v) is 2.92. The van der Waals surface area contributed by atoms with E-state index in [-0.39, 0.29) is 0 Å². The van der Waals surface area contributed by atoms with Crippen molar-refractivity contribution >= 4 is 0 Å². The first-order chi connectivity index (χ1) is 10.2. The minimum absolute atomic E-state index is 0.750. The van der Waals surface area contributed by atoms with Gasteiger partial charge in [0, 0.05) is 0 Å². The Bertz CT molecular complexity index is 148. The zero-order chi connectivity index (χ0) is 18.9. The predicted octanol–water partition coefficient (Wildman–Crippen LogP) is 6.17. The van der Waals surface area contributed by atoms with Crippen LogP contribution in [-0.2, 0) is 17.2 Å². The Morgan fingerprint density at radius 3 is 1.33 bits per heavy atom. The third-order valence-electron chi connectivity index (χ3n) is 0.450. The first kappa shape index (κ1) is 42.8. The molecule has 0 aliphatic heterocycles. The number of hydrogen-bond donors (Lipinski definition) is 1. The second-order valence-electron chi connectivity index (χ2n) is 2.29. The SMILES string of the molecule is C#C/C=C/CC.C=C.CC.CC.CCC.CCN.C[N]=[V]. The normalized spacial score (nSPS) is 5.52. The Kier molecular flexibility index (Phi) is 327. The van der Waals surface area contributed by atoms with Crippen LogP contribution in [0.3, 0.4) is 0 Å². The molecule has 0 aromatic carbocycles. The van der Waals surface area contributed by atoms with E-state index in [1.165, 1.54) is 6.42 Å². The van der Waals surface area contributed by atoms with Crippen LogP contribution in [0.15, 0.2) is 29.1 Å². The van der Waals surface area contributed by atoms with Crippen LogP contribution in [0.4, 0.5) is 0 Å². The van der Waals surface area contributed by atoms with E-state index in [4.69, 9.17) is 12.2 Å². The van der Waals surface area contributed by atoms with Crippen molar-refractivity contribution in [3.63, 3.8) is 0 Å². The van der Waals surface area contributed by atoms with Crippen LogP contribution in [0.25, 0.3) is 0 Å². The van der Waals surface area contributed by atoms with Crippen molar-refractivity contribution in [1.29, 1.82) is 0 Å². The molecule has 0 fully saturated rings. The number of terminal acetylenes is 1. The summed E-state index contributed by atoms with van der Waals surface area (Å²) in [6, 6.07) is 0. The summed E-state index contributed by atoms with van der Waals surface area (Å²) in [5.41, 5.74) is 4.85. The van der Waals surface area contributed by atoms with Crippen molar-refractivity contribution in [2.45, 2.75) is 68.2 Å². The number of nitrogens with two attached hydrogens (primary N) is 1. The van der Waals surface area contributed by atoms with Crippen LogP contribution in [-0.4, -0.2) is 13.6 Å². The molecule has 21 heavy (non-hydrogen) atoms. The summed E-state index contributed by atoms with van der Waals surface area (Å²) < 4.78 is 3.44. The molecule has 0 atom stereocenters. The molecule has 0 aromatic heterocycles. The summed E-state index contributed by atoms with van der Waals surface area (Å²) in [6.45, 7) is 23.0. The summed E-state index contributed by atoms with van der Waals surface area (Å²) >= 11 is 2.09. The Morgan fingerprint density at radius 2 is 1.29 bits per heavy atom. The number of rotatable bonds is 1. The Hall–Kier alpha value is -0.616. The molecule has 0 aliphatic rings. The van der Waals surface area contributed by atoms with Crippen LogP contribution in [0.5, 0.6) is 0 Å². The van der Waals surface area contributed by atoms with Gasteiger partial charge in [-0.1, -0.05) is 73.8 Å². The van der Waals surface area contributed by atoms with Crippen LogP contribution < -0.4 is 5.73 Å². The molecule has 3 heteroatoms. The molecule has 2 N–H and O–H groups in total. The van der Waals surface area contributed by atoms with E-state index >= 15 is 0 Å². The van der Waals surface area contributed by atoms with Gasteiger partial charge in [0.2, 0.25) is 0 Å². The summed E-state index contributed by atoms with van der Waals surface area (Å²) in [5.74, 6) is 2.39. The molecule has 0 saturated heterocycles. The topological polar surface area (TPSA) is 38.4 Å². The van der Waals surface area contributed by atoms with Crippen molar-refractivity contribution in [3.05, 3.63) is 25.3 Å². The fourth-order valence-electron chi connectivity index (χ4n) is 0.186. The molecule has 0 spiro atoms. The van der Waals surface area contributed by atoms with E-state index in [2.05, 4.69) is 54.0 Å². The van der Waals surface area contributed by atoms with Gasteiger partial charge in [0.25, 0.3) is 0 Å². The van der Waals surface area contributed by atoms with E-state index in [1.807, 2.05) is 47.6 Å². The van der Waals surface area contributed by atoms with Crippen LogP contribution in [0, 0.1) is 12.3 Å². The van der Waals surface area contributed by atoms with Crippen LogP contribution in [0.2, 0.25) is 0 Å². The molecular formula is C18H42N2V. The predicted molar refractivity (Wildman–Crippen MR) is 101 cm³/mol. The van der Waals surface area contributed by atoms with Gasteiger partial charge in [-0.05, 0) is 19.0 Å². The van der Waals surface area contributed by atoms with Gasteiger partial charge < -0.3 is 5.73 Å².